The van der Waals surface area contributed by atoms with Crippen molar-refractivity contribution in [1.82, 2.24) is 34.7 Å². The number of benzene rings is 1. The third-order valence-corrected chi connectivity index (χ3v) is 4.86. The molecular weight excluding hydrogens is 410 g/mol. The summed E-state index contributed by atoms with van der Waals surface area (Å²) in [7, 11) is 0. The molecule has 10 nitrogen and oxygen atoms in total. The fourth-order valence-corrected chi connectivity index (χ4v) is 3.13. The first-order valence-electron chi connectivity index (χ1n) is 10.0. The van der Waals surface area contributed by atoms with Crippen LogP contribution in [0.15, 0.2) is 82.6 Å². The van der Waals surface area contributed by atoms with Crippen molar-refractivity contribution in [1.29, 1.82) is 0 Å². The van der Waals surface area contributed by atoms with E-state index in [2.05, 4.69) is 20.6 Å². The molecule has 3 heterocycles. The molecule has 4 aromatic rings. The molecule has 0 saturated heterocycles. The summed E-state index contributed by atoms with van der Waals surface area (Å²) in [5, 5.41) is 15.4. The quantitative estimate of drug-likeness (QED) is 0.467. The summed E-state index contributed by atoms with van der Waals surface area (Å²) in [5.74, 6) is 0.0206. The Kier molecular flexibility index (Phi) is 6.02. The molecule has 1 N–H and O–H groups in total. The van der Waals surface area contributed by atoms with Gasteiger partial charge < -0.3 is 5.32 Å². The van der Waals surface area contributed by atoms with E-state index in [9.17, 15) is 14.4 Å². The van der Waals surface area contributed by atoms with Crippen LogP contribution in [0.4, 0.5) is 0 Å². The monoisotopic (exact) mass is 431 g/mol. The highest BCUT2D eigenvalue weighted by molar-refractivity contribution is 5.79. The summed E-state index contributed by atoms with van der Waals surface area (Å²) in [6.45, 7) is 1.94. The Labute approximate surface area is 182 Å². The molecule has 4 rings (SSSR count). The van der Waals surface area contributed by atoms with Crippen molar-refractivity contribution in [2.75, 3.05) is 6.54 Å². The van der Waals surface area contributed by atoms with E-state index in [-0.39, 0.29) is 18.6 Å². The summed E-state index contributed by atoms with van der Waals surface area (Å²) >= 11 is 0. The molecule has 32 heavy (non-hydrogen) atoms. The lowest BCUT2D eigenvalue weighted by Gasteiger charge is -2.15. The first-order chi connectivity index (χ1) is 15.5. The van der Waals surface area contributed by atoms with Gasteiger partial charge in [0.2, 0.25) is 5.91 Å². The third kappa shape index (κ3) is 4.53. The van der Waals surface area contributed by atoms with Gasteiger partial charge in [0.05, 0.1) is 12.2 Å². The van der Waals surface area contributed by atoms with Crippen molar-refractivity contribution in [3.05, 3.63) is 93.8 Å². The van der Waals surface area contributed by atoms with Gasteiger partial charge in [-0.25, -0.2) is 14.0 Å². The number of amides is 1. The Morgan fingerprint density at radius 3 is 2.50 bits per heavy atom. The van der Waals surface area contributed by atoms with Crippen LogP contribution in [0, 0.1) is 0 Å². The zero-order valence-electron chi connectivity index (χ0n) is 17.3. The molecule has 1 atom stereocenters. The molecule has 1 amide bonds. The number of nitrogens with zero attached hydrogens (tertiary/aromatic N) is 6. The van der Waals surface area contributed by atoms with Crippen molar-refractivity contribution in [2.24, 2.45) is 0 Å². The van der Waals surface area contributed by atoms with Crippen LogP contribution in [0.5, 0.6) is 0 Å². The van der Waals surface area contributed by atoms with E-state index in [1.807, 2.05) is 30.3 Å². The maximum Gasteiger partial charge on any atom is 0.267 e. The molecule has 0 radical (unpaired) electrons. The van der Waals surface area contributed by atoms with Gasteiger partial charge in [-0.1, -0.05) is 30.3 Å². The maximum atomic E-state index is 12.6. The maximum absolute atomic E-state index is 12.6. The van der Waals surface area contributed by atoms with Gasteiger partial charge in [-0.2, -0.15) is 10.2 Å². The van der Waals surface area contributed by atoms with E-state index in [0.717, 1.165) is 10.2 Å². The second-order valence-corrected chi connectivity index (χ2v) is 7.04. The highest BCUT2D eigenvalue weighted by atomic mass is 16.2. The largest absolute Gasteiger partial charge is 0.352 e. The van der Waals surface area contributed by atoms with E-state index in [4.69, 9.17) is 0 Å². The Bertz CT molecular complexity index is 1330. The number of carbonyl (C=O) groups is 1. The highest BCUT2D eigenvalue weighted by Crippen LogP contribution is 2.13. The van der Waals surface area contributed by atoms with E-state index >= 15 is 0 Å². The lowest BCUT2D eigenvalue weighted by molar-refractivity contribution is -0.124. The summed E-state index contributed by atoms with van der Waals surface area (Å²) in [5.41, 5.74) is 0.881. The number of hydrogen-bond donors (Lipinski definition) is 1. The predicted octanol–water partition coefficient (Wildman–Crippen LogP) is 1.03. The van der Waals surface area contributed by atoms with E-state index < -0.39 is 17.5 Å². The number of rotatable bonds is 7. The summed E-state index contributed by atoms with van der Waals surface area (Å²) in [6.07, 6.45) is 3.28. The minimum absolute atomic E-state index is 0.169. The van der Waals surface area contributed by atoms with Crippen molar-refractivity contribution in [3.63, 3.8) is 0 Å². The van der Waals surface area contributed by atoms with Crippen LogP contribution < -0.4 is 16.4 Å². The van der Waals surface area contributed by atoms with Crippen molar-refractivity contribution in [3.8, 4) is 17.1 Å². The lowest BCUT2D eigenvalue weighted by atomic mass is 10.1. The van der Waals surface area contributed by atoms with Crippen LogP contribution in [0.2, 0.25) is 0 Å². The van der Waals surface area contributed by atoms with Gasteiger partial charge in [-0.15, -0.1) is 5.10 Å². The van der Waals surface area contributed by atoms with Crippen LogP contribution in [-0.2, 0) is 11.3 Å². The average Bonchev–Trinajstić information content (AvgIpc) is 3.35. The molecule has 162 valence electrons. The van der Waals surface area contributed by atoms with Gasteiger partial charge >= 0.3 is 0 Å². The second-order valence-electron chi connectivity index (χ2n) is 7.04. The molecule has 0 saturated carbocycles. The Hall–Kier alpha value is -4.34. The molecular formula is C22H21N7O3. The van der Waals surface area contributed by atoms with E-state index in [1.54, 1.807) is 31.5 Å². The predicted molar refractivity (Wildman–Crippen MR) is 117 cm³/mol. The van der Waals surface area contributed by atoms with E-state index in [1.165, 1.54) is 27.6 Å². The van der Waals surface area contributed by atoms with E-state index in [0.29, 0.717) is 11.5 Å². The molecule has 0 unspecified atom stereocenters. The number of aromatic nitrogens is 6. The van der Waals surface area contributed by atoms with Gasteiger partial charge in [0, 0.05) is 36.6 Å². The zero-order chi connectivity index (χ0) is 22.5. The Balaban J connectivity index is 1.43. The molecule has 0 aliphatic carbocycles. The summed E-state index contributed by atoms with van der Waals surface area (Å²) in [6, 6.07) is 16.4. The molecule has 0 aliphatic rings. The average molecular weight is 431 g/mol. The molecule has 0 aliphatic heterocycles. The summed E-state index contributed by atoms with van der Waals surface area (Å²) in [4.78, 5) is 37.0. The minimum atomic E-state index is -0.849. The fourth-order valence-electron chi connectivity index (χ4n) is 3.13. The summed E-state index contributed by atoms with van der Waals surface area (Å²) < 4.78 is 3.90. The normalized spacial score (nSPS) is 11.8. The molecule has 0 bridgehead atoms. The first kappa shape index (κ1) is 20.9. The number of hydrogen-bond acceptors (Lipinski definition) is 6. The Morgan fingerprint density at radius 2 is 1.75 bits per heavy atom. The number of carbonyl (C=O) groups excluding carboxylic acids is 1. The third-order valence-electron chi connectivity index (χ3n) is 4.86. The van der Waals surface area contributed by atoms with Crippen molar-refractivity contribution in [2.45, 2.75) is 19.5 Å². The highest BCUT2D eigenvalue weighted by Gasteiger charge is 2.18. The Morgan fingerprint density at radius 1 is 0.969 bits per heavy atom. The van der Waals surface area contributed by atoms with Gasteiger partial charge in [0.25, 0.3) is 11.1 Å². The standard InChI is InChI=1S/C22H21N7O3/c1-16(29-21(31)11-9-19(26-29)27-14-5-12-24-27)22(32)23-13-15-28-20(30)10-8-18(25-28)17-6-3-2-4-7-17/h2-12,14,16H,13,15H2,1H3,(H,23,32)/t16-/m0/s1. The minimum Gasteiger partial charge on any atom is -0.352 e. The van der Waals surface area contributed by atoms with Crippen molar-refractivity contribution >= 4 is 5.91 Å². The zero-order valence-corrected chi connectivity index (χ0v) is 17.3. The number of nitrogens with one attached hydrogen (secondary N) is 1. The van der Waals surface area contributed by atoms with Crippen LogP contribution in [0.1, 0.15) is 13.0 Å². The van der Waals surface area contributed by atoms with Gasteiger partial charge in [-0.3, -0.25) is 14.4 Å². The fraction of sp³-hybridized carbons (Fsp3) is 0.182. The molecule has 1 aromatic carbocycles. The van der Waals surface area contributed by atoms with Gasteiger partial charge in [0.15, 0.2) is 5.82 Å². The first-order valence-corrected chi connectivity index (χ1v) is 10.0. The van der Waals surface area contributed by atoms with Gasteiger partial charge in [0.1, 0.15) is 6.04 Å². The van der Waals surface area contributed by atoms with Crippen molar-refractivity contribution < 1.29 is 4.79 Å². The molecule has 10 heteroatoms. The topological polar surface area (TPSA) is 117 Å². The molecule has 3 aromatic heterocycles. The SMILES string of the molecule is C[C@@H](C(=O)NCCn1nc(-c2ccccc2)ccc1=O)n1nc(-n2cccn2)ccc1=O. The smallest absolute Gasteiger partial charge is 0.267 e. The molecule has 0 fully saturated rings. The van der Waals surface area contributed by atoms with Crippen LogP contribution in [0.3, 0.4) is 0 Å². The van der Waals surface area contributed by atoms with Crippen LogP contribution >= 0.6 is 0 Å². The lowest BCUT2D eigenvalue weighted by Crippen LogP contribution is -2.39. The molecule has 0 spiro atoms. The second kappa shape index (κ2) is 9.21. The van der Waals surface area contributed by atoms with Crippen LogP contribution in [0.25, 0.3) is 17.1 Å². The van der Waals surface area contributed by atoms with Crippen LogP contribution in [-0.4, -0.2) is 41.8 Å². The van der Waals surface area contributed by atoms with Gasteiger partial charge in [-0.05, 0) is 25.1 Å².